The zero-order valence-corrected chi connectivity index (χ0v) is 13.5. The van der Waals surface area contributed by atoms with Crippen molar-refractivity contribution < 1.29 is 22.7 Å². The van der Waals surface area contributed by atoms with Crippen molar-refractivity contribution in [3.63, 3.8) is 0 Å². The average Bonchev–Trinajstić information content (AvgIpc) is 2.38. The van der Waals surface area contributed by atoms with E-state index >= 15 is 0 Å². The molecule has 0 saturated heterocycles. The second-order valence-corrected chi connectivity index (χ2v) is 8.39. The molecule has 1 aromatic carbocycles. The fourth-order valence-electron chi connectivity index (χ4n) is 1.51. The molecule has 0 aliphatic rings. The molecule has 7 heteroatoms. The lowest BCUT2D eigenvalue weighted by atomic mass is 10.2. The first-order valence-corrected chi connectivity index (χ1v) is 8.06. The highest BCUT2D eigenvalue weighted by Crippen LogP contribution is 2.23. The first-order chi connectivity index (χ1) is 9.58. The number of carbonyl (C=O) groups is 1. The van der Waals surface area contributed by atoms with Crippen LogP contribution in [0.2, 0.25) is 0 Å². The standard InChI is InChI=1S/C14H21NO5S/c1-14(2,3)21(17,18)8-7-20-12-6-5-10(15)9-11(12)13(16)19-4/h5-6,9H,7-8,15H2,1-4H3. The molecule has 0 spiro atoms. The van der Waals surface area contributed by atoms with Gasteiger partial charge in [0, 0.05) is 5.69 Å². The maximum absolute atomic E-state index is 12.0. The van der Waals surface area contributed by atoms with E-state index in [9.17, 15) is 13.2 Å². The highest BCUT2D eigenvalue weighted by molar-refractivity contribution is 7.92. The van der Waals surface area contributed by atoms with Crippen molar-refractivity contribution in [2.24, 2.45) is 0 Å². The van der Waals surface area contributed by atoms with Crippen molar-refractivity contribution in [3.05, 3.63) is 23.8 Å². The van der Waals surface area contributed by atoms with Crippen LogP contribution in [0.25, 0.3) is 0 Å². The number of carbonyl (C=O) groups excluding carboxylic acids is 1. The molecule has 0 amide bonds. The van der Waals surface area contributed by atoms with Crippen LogP contribution in [0, 0.1) is 0 Å². The van der Waals surface area contributed by atoms with Gasteiger partial charge >= 0.3 is 5.97 Å². The van der Waals surface area contributed by atoms with E-state index in [0.29, 0.717) is 5.69 Å². The Morgan fingerprint density at radius 2 is 1.90 bits per heavy atom. The molecule has 0 radical (unpaired) electrons. The largest absolute Gasteiger partial charge is 0.492 e. The Morgan fingerprint density at radius 3 is 2.43 bits per heavy atom. The number of ether oxygens (including phenoxy) is 2. The lowest BCUT2D eigenvalue weighted by molar-refractivity contribution is 0.0596. The third-order valence-corrected chi connectivity index (χ3v) is 5.52. The molecule has 0 fully saturated rings. The highest BCUT2D eigenvalue weighted by atomic mass is 32.2. The van der Waals surface area contributed by atoms with Crippen LogP contribution in [0.15, 0.2) is 18.2 Å². The van der Waals surface area contributed by atoms with Gasteiger partial charge in [-0.25, -0.2) is 13.2 Å². The van der Waals surface area contributed by atoms with Crippen LogP contribution in [0.1, 0.15) is 31.1 Å². The van der Waals surface area contributed by atoms with E-state index in [-0.39, 0.29) is 23.7 Å². The number of benzene rings is 1. The van der Waals surface area contributed by atoms with Gasteiger partial charge < -0.3 is 15.2 Å². The summed E-state index contributed by atoms with van der Waals surface area (Å²) in [4.78, 5) is 11.6. The molecule has 0 aromatic heterocycles. The summed E-state index contributed by atoms with van der Waals surface area (Å²) in [5.74, 6) is -0.474. The predicted octanol–water partition coefficient (Wildman–Crippen LogP) is 1.65. The van der Waals surface area contributed by atoms with E-state index in [2.05, 4.69) is 4.74 Å². The van der Waals surface area contributed by atoms with Crippen LogP contribution in [0.3, 0.4) is 0 Å². The molecule has 1 rings (SSSR count). The molecule has 1 aromatic rings. The Labute approximate surface area is 125 Å². The summed E-state index contributed by atoms with van der Waals surface area (Å²) in [6.07, 6.45) is 0. The minimum absolute atomic E-state index is 0.0481. The van der Waals surface area contributed by atoms with Crippen molar-refractivity contribution in [1.82, 2.24) is 0 Å². The lowest BCUT2D eigenvalue weighted by Gasteiger charge is -2.19. The van der Waals surface area contributed by atoms with Crippen LogP contribution in [0.4, 0.5) is 5.69 Å². The first-order valence-electron chi connectivity index (χ1n) is 6.41. The van der Waals surface area contributed by atoms with E-state index in [1.807, 2.05) is 0 Å². The summed E-state index contributed by atoms with van der Waals surface area (Å²) in [6, 6.07) is 4.52. The van der Waals surface area contributed by atoms with Gasteiger partial charge in [0.2, 0.25) is 0 Å². The molecule has 0 atom stereocenters. The lowest BCUT2D eigenvalue weighted by Crippen LogP contribution is -2.32. The average molecular weight is 315 g/mol. The van der Waals surface area contributed by atoms with Crippen LogP contribution in [0.5, 0.6) is 5.75 Å². The molecule has 118 valence electrons. The molecule has 6 nitrogen and oxygen atoms in total. The Morgan fingerprint density at radius 1 is 1.29 bits per heavy atom. The van der Waals surface area contributed by atoms with Crippen LogP contribution < -0.4 is 10.5 Å². The van der Waals surface area contributed by atoms with Gasteiger partial charge in [-0.3, -0.25) is 0 Å². The van der Waals surface area contributed by atoms with Crippen molar-refractivity contribution in [2.45, 2.75) is 25.5 Å². The minimum atomic E-state index is -3.28. The molecule has 21 heavy (non-hydrogen) atoms. The topological polar surface area (TPSA) is 95.7 Å². The number of hydrogen-bond acceptors (Lipinski definition) is 6. The number of anilines is 1. The quantitative estimate of drug-likeness (QED) is 0.655. The fourth-order valence-corrected chi connectivity index (χ4v) is 2.43. The Balaban J connectivity index is 2.84. The van der Waals surface area contributed by atoms with Gasteiger partial charge in [-0.05, 0) is 39.0 Å². The Bertz CT molecular complexity index is 617. The molecular formula is C14H21NO5S. The van der Waals surface area contributed by atoms with Gasteiger partial charge in [0.1, 0.15) is 17.9 Å². The van der Waals surface area contributed by atoms with Gasteiger partial charge in [-0.15, -0.1) is 0 Å². The summed E-state index contributed by atoms with van der Waals surface area (Å²) in [7, 11) is -2.03. The number of methoxy groups -OCH3 is 1. The summed E-state index contributed by atoms with van der Waals surface area (Å²) >= 11 is 0. The third-order valence-electron chi connectivity index (χ3n) is 2.95. The predicted molar refractivity (Wildman–Crippen MR) is 81.2 cm³/mol. The van der Waals surface area contributed by atoms with E-state index in [4.69, 9.17) is 10.5 Å². The molecule has 0 bridgehead atoms. The zero-order chi connectivity index (χ0) is 16.3. The molecule has 2 N–H and O–H groups in total. The summed E-state index contributed by atoms with van der Waals surface area (Å²) in [5, 5.41) is 0. The van der Waals surface area contributed by atoms with Crippen molar-refractivity contribution >= 4 is 21.5 Å². The monoisotopic (exact) mass is 315 g/mol. The van der Waals surface area contributed by atoms with E-state index in [1.165, 1.54) is 19.2 Å². The second kappa shape index (κ2) is 6.34. The number of sulfone groups is 1. The maximum Gasteiger partial charge on any atom is 0.341 e. The van der Waals surface area contributed by atoms with Crippen molar-refractivity contribution in [2.75, 3.05) is 25.2 Å². The van der Waals surface area contributed by atoms with Gasteiger partial charge in [-0.2, -0.15) is 0 Å². The van der Waals surface area contributed by atoms with Gasteiger partial charge in [0.05, 0.1) is 17.6 Å². The molecule has 0 unspecified atom stereocenters. The minimum Gasteiger partial charge on any atom is -0.492 e. The maximum atomic E-state index is 12.0. The third kappa shape index (κ3) is 4.35. The number of nitrogen functional groups attached to an aromatic ring is 1. The summed E-state index contributed by atoms with van der Waals surface area (Å²) < 4.78 is 33.2. The van der Waals surface area contributed by atoms with Gasteiger partial charge in [-0.1, -0.05) is 0 Å². The molecular weight excluding hydrogens is 294 g/mol. The zero-order valence-electron chi connectivity index (χ0n) is 12.7. The van der Waals surface area contributed by atoms with E-state index < -0.39 is 20.6 Å². The Hall–Kier alpha value is -1.76. The highest BCUT2D eigenvalue weighted by Gasteiger charge is 2.28. The molecule has 0 saturated carbocycles. The summed E-state index contributed by atoms with van der Waals surface area (Å²) in [5.41, 5.74) is 6.18. The van der Waals surface area contributed by atoms with Crippen LogP contribution in [-0.2, 0) is 14.6 Å². The SMILES string of the molecule is COC(=O)c1cc(N)ccc1OCCS(=O)(=O)C(C)(C)C. The second-order valence-electron chi connectivity index (χ2n) is 5.53. The van der Waals surface area contributed by atoms with Crippen LogP contribution in [-0.4, -0.2) is 38.6 Å². The van der Waals surface area contributed by atoms with Crippen molar-refractivity contribution in [1.29, 1.82) is 0 Å². The number of nitrogens with two attached hydrogens (primary N) is 1. The number of hydrogen-bond donors (Lipinski definition) is 1. The summed E-state index contributed by atoms with van der Waals surface area (Å²) in [6.45, 7) is 4.84. The molecule has 0 aliphatic carbocycles. The number of esters is 1. The van der Waals surface area contributed by atoms with E-state index in [1.54, 1.807) is 26.8 Å². The molecule has 0 heterocycles. The molecule has 0 aliphatic heterocycles. The van der Waals surface area contributed by atoms with Crippen LogP contribution >= 0.6 is 0 Å². The smallest absolute Gasteiger partial charge is 0.341 e. The van der Waals surface area contributed by atoms with E-state index in [0.717, 1.165) is 0 Å². The fraction of sp³-hybridized carbons (Fsp3) is 0.500. The number of rotatable bonds is 5. The van der Waals surface area contributed by atoms with Gasteiger partial charge in [0.15, 0.2) is 9.84 Å². The first kappa shape index (κ1) is 17.3. The normalized spacial score (nSPS) is 12.0. The Kier molecular flexibility index (Phi) is 5.22. The van der Waals surface area contributed by atoms with Crippen molar-refractivity contribution in [3.8, 4) is 5.75 Å². The van der Waals surface area contributed by atoms with Gasteiger partial charge in [0.25, 0.3) is 0 Å².